The van der Waals surface area contributed by atoms with Gasteiger partial charge in [-0.1, -0.05) is 6.92 Å². The van der Waals surface area contributed by atoms with E-state index in [-0.39, 0.29) is 0 Å². The Morgan fingerprint density at radius 3 is 2.81 bits per heavy atom. The fourth-order valence-electron chi connectivity index (χ4n) is 2.65. The molecule has 110 valence electrons. The van der Waals surface area contributed by atoms with Crippen LogP contribution in [-0.4, -0.2) is 20.8 Å². The van der Waals surface area contributed by atoms with Gasteiger partial charge in [-0.25, -0.2) is 9.67 Å². The van der Waals surface area contributed by atoms with E-state index >= 15 is 0 Å². The van der Waals surface area contributed by atoms with E-state index in [9.17, 15) is 0 Å². The molecule has 2 aromatic rings. The van der Waals surface area contributed by atoms with Crippen LogP contribution in [0.5, 0.6) is 0 Å². The van der Waals surface area contributed by atoms with Gasteiger partial charge in [0.2, 0.25) is 0 Å². The second kappa shape index (κ2) is 5.26. The van der Waals surface area contributed by atoms with Crippen molar-refractivity contribution in [1.29, 1.82) is 0 Å². The highest BCUT2D eigenvalue weighted by Crippen LogP contribution is 2.39. The van der Waals surface area contributed by atoms with Crippen molar-refractivity contribution in [3.05, 3.63) is 41.3 Å². The van der Waals surface area contributed by atoms with Crippen LogP contribution in [-0.2, 0) is 13.0 Å². The molecule has 4 heteroatoms. The minimum atomic E-state index is 0.691. The van der Waals surface area contributed by atoms with E-state index in [1.54, 1.807) is 0 Å². The van der Waals surface area contributed by atoms with Crippen molar-refractivity contribution in [3.63, 3.8) is 0 Å². The van der Waals surface area contributed by atoms with Crippen molar-refractivity contribution in [2.24, 2.45) is 0 Å². The Balaban J connectivity index is 1.60. The van der Waals surface area contributed by atoms with Gasteiger partial charge in [0, 0.05) is 30.4 Å². The summed E-state index contributed by atoms with van der Waals surface area (Å²) in [6.45, 7) is 3.09. The topological polar surface area (TPSA) is 42.7 Å². The van der Waals surface area contributed by atoms with Crippen molar-refractivity contribution in [1.82, 2.24) is 20.1 Å². The predicted octanol–water partition coefficient (Wildman–Crippen LogP) is 2.96. The van der Waals surface area contributed by atoms with Crippen LogP contribution in [0, 0.1) is 0 Å². The summed E-state index contributed by atoms with van der Waals surface area (Å²) in [7, 11) is 0. The zero-order valence-corrected chi connectivity index (χ0v) is 12.5. The maximum Gasteiger partial charge on any atom is 0.153 e. The predicted molar refractivity (Wildman–Crippen MR) is 82.6 cm³/mol. The first kappa shape index (κ1) is 13.0. The van der Waals surface area contributed by atoms with Crippen LogP contribution in [0.3, 0.4) is 0 Å². The lowest BCUT2D eigenvalue weighted by Gasteiger charge is -2.09. The zero-order chi connectivity index (χ0) is 14.2. The van der Waals surface area contributed by atoms with Crippen LogP contribution in [0.2, 0.25) is 0 Å². The molecule has 0 spiro atoms. The first-order chi connectivity index (χ1) is 10.3. The molecule has 0 saturated heterocycles. The normalized spacial score (nSPS) is 18.1. The van der Waals surface area contributed by atoms with Gasteiger partial charge < -0.3 is 5.32 Å². The van der Waals surface area contributed by atoms with Gasteiger partial charge in [-0.3, -0.25) is 0 Å². The van der Waals surface area contributed by atoms with Gasteiger partial charge in [0.25, 0.3) is 0 Å². The number of nitrogens with one attached hydrogen (secondary N) is 1. The van der Waals surface area contributed by atoms with Gasteiger partial charge in [0.1, 0.15) is 0 Å². The molecule has 2 aliphatic carbocycles. The molecule has 0 atom stereocenters. The second-order valence-electron chi connectivity index (χ2n) is 6.29. The van der Waals surface area contributed by atoms with Gasteiger partial charge in [-0.2, -0.15) is 5.10 Å². The van der Waals surface area contributed by atoms with Crippen molar-refractivity contribution in [2.75, 3.05) is 0 Å². The SMILES string of the molecule is CCc1cc(CNC2CC2)cc(-n2ccc(C3CC3)n2)n1. The summed E-state index contributed by atoms with van der Waals surface area (Å²) in [6, 6.07) is 7.25. The number of aromatic nitrogens is 3. The average molecular weight is 282 g/mol. The van der Waals surface area contributed by atoms with E-state index in [0.717, 1.165) is 30.5 Å². The Bertz CT molecular complexity index is 638. The van der Waals surface area contributed by atoms with E-state index < -0.39 is 0 Å². The molecule has 0 bridgehead atoms. The Kier molecular flexibility index (Phi) is 3.26. The Morgan fingerprint density at radius 2 is 2.10 bits per heavy atom. The molecule has 2 aliphatic rings. The van der Waals surface area contributed by atoms with E-state index in [1.165, 1.54) is 36.9 Å². The highest BCUT2D eigenvalue weighted by atomic mass is 15.3. The fraction of sp³-hybridized carbons (Fsp3) is 0.529. The molecule has 0 aromatic carbocycles. The maximum absolute atomic E-state index is 4.73. The molecule has 0 amide bonds. The van der Waals surface area contributed by atoms with E-state index in [0.29, 0.717) is 5.92 Å². The van der Waals surface area contributed by atoms with E-state index in [2.05, 4.69) is 30.4 Å². The van der Waals surface area contributed by atoms with E-state index in [4.69, 9.17) is 10.1 Å². The molecular formula is C17H22N4. The third-order valence-corrected chi connectivity index (χ3v) is 4.30. The highest BCUT2D eigenvalue weighted by Gasteiger charge is 2.26. The van der Waals surface area contributed by atoms with Gasteiger partial charge in [0.15, 0.2) is 5.82 Å². The molecule has 1 N–H and O–H groups in total. The lowest BCUT2D eigenvalue weighted by molar-refractivity contribution is 0.683. The Labute approximate surface area is 125 Å². The quantitative estimate of drug-likeness (QED) is 0.885. The number of rotatable bonds is 6. The lowest BCUT2D eigenvalue weighted by Crippen LogP contribution is -2.16. The van der Waals surface area contributed by atoms with Gasteiger partial charge in [-0.15, -0.1) is 0 Å². The van der Waals surface area contributed by atoms with Crippen LogP contribution in [0.15, 0.2) is 24.4 Å². The summed E-state index contributed by atoms with van der Waals surface area (Å²) in [5, 5.41) is 8.28. The Hall–Kier alpha value is -1.68. The van der Waals surface area contributed by atoms with Crippen LogP contribution < -0.4 is 5.32 Å². The van der Waals surface area contributed by atoms with E-state index in [1.807, 2.05) is 10.9 Å². The molecule has 2 aromatic heterocycles. The fourth-order valence-corrected chi connectivity index (χ4v) is 2.65. The first-order valence-electron chi connectivity index (χ1n) is 8.11. The number of hydrogen-bond donors (Lipinski definition) is 1. The van der Waals surface area contributed by atoms with Crippen LogP contribution in [0.25, 0.3) is 5.82 Å². The molecule has 2 saturated carbocycles. The lowest BCUT2D eigenvalue weighted by atomic mass is 10.2. The van der Waals surface area contributed by atoms with Gasteiger partial charge >= 0.3 is 0 Å². The summed E-state index contributed by atoms with van der Waals surface area (Å²) in [4.78, 5) is 4.73. The highest BCUT2D eigenvalue weighted by molar-refractivity contribution is 5.31. The molecule has 0 unspecified atom stereocenters. The van der Waals surface area contributed by atoms with Gasteiger partial charge in [0.05, 0.1) is 5.69 Å². The van der Waals surface area contributed by atoms with Crippen LogP contribution >= 0.6 is 0 Å². The number of pyridine rings is 1. The smallest absolute Gasteiger partial charge is 0.153 e. The summed E-state index contributed by atoms with van der Waals surface area (Å²) < 4.78 is 1.94. The molecule has 21 heavy (non-hydrogen) atoms. The molecule has 2 fully saturated rings. The minimum absolute atomic E-state index is 0.691. The van der Waals surface area contributed by atoms with Crippen molar-refractivity contribution in [2.45, 2.75) is 57.5 Å². The first-order valence-corrected chi connectivity index (χ1v) is 8.11. The molecule has 2 heterocycles. The summed E-state index contributed by atoms with van der Waals surface area (Å²) in [5.74, 6) is 1.64. The largest absolute Gasteiger partial charge is 0.310 e. The van der Waals surface area contributed by atoms with Crippen LogP contribution in [0.4, 0.5) is 0 Å². The number of aryl methyl sites for hydroxylation is 1. The summed E-state index contributed by atoms with van der Waals surface area (Å²) in [5.41, 5.74) is 3.67. The monoisotopic (exact) mass is 282 g/mol. The summed E-state index contributed by atoms with van der Waals surface area (Å²) >= 11 is 0. The molecule has 4 nitrogen and oxygen atoms in total. The third-order valence-electron chi connectivity index (χ3n) is 4.30. The van der Waals surface area contributed by atoms with Crippen LogP contribution in [0.1, 0.15) is 55.5 Å². The molecule has 0 aliphatic heterocycles. The second-order valence-corrected chi connectivity index (χ2v) is 6.29. The number of hydrogen-bond acceptors (Lipinski definition) is 3. The number of nitrogens with zero attached hydrogens (tertiary/aromatic N) is 3. The molecule has 4 rings (SSSR count). The molecule has 0 radical (unpaired) electrons. The summed E-state index contributed by atoms with van der Waals surface area (Å²) in [6.07, 6.45) is 8.23. The van der Waals surface area contributed by atoms with Crippen molar-refractivity contribution >= 4 is 0 Å². The third kappa shape index (κ3) is 3.00. The average Bonchev–Trinajstić information content (AvgIpc) is 3.44. The van der Waals surface area contributed by atoms with Crippen molar-refractivity contribution < 1.29 is 0 Å². The zero-order valence-electron chi connectivity index (χ0n) is 12.5. The molecular weight excluding hydrogens is 260 g/mol. The minimum Gasteiger partial charge on any atom is -0.310 e. The van der Waals surface area contributed by atoms with Crippen molar-refractivity contribution in [3.8, 4) is 5.82 Å². The standard InChI is InChI=1S/C17H22N4/c1-2-14-9-12(11-18-15-5-6-15)10-17(19-14)21-8-7-16(20-21)13-3-4-13/h7-10,13,15,18H,2-6,11H2,1H3. The van der Waals surface area contributed by atoms with Gasteiger partial charge in [-0.05, 0) is 55.9 Å². The maximum atomic E-state index is 4.73. The Morgan fingerprint density at radius 1 is 1.24 bits per heavy atom.